The highest BCUT2D eigenvalue weighted by atomic mass is 16.5. The van der Waals surface area contributed by atoms with Crippen molar-refractivity contribution in [2.75, 3.05) is 0 Å². The Kier molecular flexibility index (Phi) is 2.41. The quantitative estimate of drug-likeness (QED) is 0.651. The second-order valence-corrected chi connectivity index (χ2v) is 2.34. The van der Waals surface area contributed by atoms with Crippen molar-refractivity contribution in [1.29, 1.82) is 0 Å². The van der Waals surface area contributed by atoms with E-state index < -0.39 is 0 Å². The molecule has 1 heterocycles. The molecule has 3 nitrogen and oxygen atoms in total. The first-order valence-electron chi connectivity index (χ1n) is 3.73. The summed E-state index contributed by atoms with van der Waals surface area (Å²) in [5.74, 6) is 1.39. The standard InChI is InChI=1S/C8H12N2O/c1-4-6(3)8-9-7(5-2)10-11-8/h4H,5H2,1-3H3/b6-4+. The monoisotopic (exact) mass is 152 g/mol. The van der Waals surface area contributed by atoms with Crippen LogP contribution in [0.5, 0.6) is 0 Å². The summed E-state index contributed by atoms with van der Waals surface area (Å²) in [4.78, 5) is 4.15. The van der Waals surface area contributed by atoms with Crippen molar-refractivity contribution < 1.29 is 4.52 Å². The summed E-state index contributed by atoms with van der Waals surface area (Å²) in [6.07, 6.45) is 2.77. The van der Waals surface area contributed by atoms with Gasteiger partial charge in [-0.1, -0.05) is 18.2 Å². The van der Waals surface area contributed by atoms with E-state index in [1.165, 1.54) is 0 Å². The van der Waals surface area contributed by atoms with Gasteiger partial charge in [0.2, 0.25) is 0 Å². The van der Waals surface area contributed by atoms with Gasteiger partial charge in [0.05, 0.1) is 0 Å². The average molecular weight is 152 g/mol. The molecule has 3 heteroatoms. The van der Waals surface area contributed by atoms with Crippen LogP contribution in [0.1, 0.15) is 32.5 Å². The molecule has 11 heavy (non-hydrogen) atoms. The van der Waals surface area contributed by atoms with Crippen molar-refractivity contribution in [2.24, 2.45) is 0 Å². The van der Waals surface area contributed by atoms with Crippen LogP contribution >= 0.6 is 0 Å². The van der Waals surface area contributed by atoms with Gasteiger partial charge in [0, 0.05) is 12.0 Å². The molecule has 60 valence electrons. The summed E-state index contributed by atoms with van der Waals surface area (Å²) >= 11 is 0. The van der Waals surface area contributed by atoms with E-state index in [0.29, 0.717) is 5.89 Å². The molecule has 0 spiro atoms. The van der Waals surface area contributed by atoms with E-state index in [2.05, 4.69) is 10.1 Å². The third-order valence-electron chi connectivity index (χ3n) is 1.55. The number of aromatic nitrogens is 2. The average Bonchev–Trinajstić information content (AvgIpc) is 2.50. The molecule has 0 saturated heterocycles. The summed E-state index contributed by atoms with van der Waals surface area (Å²) in [5.41, 5.74) is 1.03. The number of nitrogens with zero attached hydrogens (tertiary/aromatic N) is 2. The number of aryl methyl sites for hydroxylation is 1. The summed E-state index contributed by atoms with van der Waals surface area (Å²) < 4.78 is 4.98. The predicted octanol–water partition coefficient (Wildman–Crippen LogP) is 2.06. The molecule has 0 amide bonds. The van der Waals surface area contributed by atoms with Gasteiger partial charge >= 0.3 is 0 Å². The molecule has 1 aromatic rings. The second kappa shape index (κ2) is 3.32. The molecule has 0 aromatic carbocycles. The fourth-order valence-electron chi connectivity index (χ4n) is 0.681. The fraction of sp³-hybridized carbons (Fsp3) is 0.500. The molecular weight excluding hydrogens is 140 g/mol. The number of allylic oxidation sites excluding steroid dienone is 2. The van der Waals surface area contributed by atoms with Gasteiger partial charge in [-0.25, -0.2) is 0 Å². The van der Waals surface area contributed by atoms with Gasteiger partial charge in [0.15, 0.2) is 5.82 Å². The molecule has 1 aromatic heterocycles. The first-order valence-corrected chi connectivity index (χ1v) is 3.73. The minimum Gasteiger partial charge on any atom is -0.334 e. The highest BCUT2D eigenvalue weighted by Gasteiger charge is 2.04. The molecule has 0 unspecified atom stereocenters. The van der Waals surface area contributed by atoms with E-state index >= 15 is 0 Å². The topological polar surface area (TPSA) is 38.9 Å². The molecule has 0 bridgehead atoms. The molecular formula is C8H12N2O. The van der Waals surface area contributed by atoms with Crippen LogP contribution in [-0.2, 0) is 6.42 Å². The Morgan fingerprint density at radius 2 is 2.36 bits per heavy atom. The zero-order valence-corrected chi connectivity index (χ0v) is 7.09. The van der Waals surface area contributed by atoms with E-state index in [-0.39, 0.29) is 0 Å². The predicted molar refractivity (Wildman–Crippen MR) is 43.0 cm³/mol. The normalized spacial score (nSPS) is 12.1. The van der Waals surface area contributed by atoms with Crippen LogP contribution in [-0.4, -0.2) is 10.1 Å². The van der Waals surface area contributed by atoms with E-state index in [9.17, 15) is 0 Å². The molecule has 0 aliphatic carbocycles. The Balaban J connectivity index is 2.89. The zero-order chi connectivity index (χ0) is 8.27. The van der Waals surface area contributed by atoms with Crippen molar-refractivity contribution in [1.82, 2.24) is 10.1 Å². The summed E-state index contributed by atoms with van der Waals surface area (Å²) in [5, 5.41) is 3.78. The maximum atomic E-state index is 4.98. The Hall–Kier alpha value is -1.12. The summed E-state index contributed by atoms with van der Waals surface area (Å²) in [6, 6.07) is 0. The molecule has 0 aliphatic rings. The zero-order valence-electron chi connectivity index (χ0n) is 7.09. The summed E-state index contributed by atoms with van der Waals surface area (Å²) in [6.45, 7) is 5.90. The van der Waals surface area contributed by atoms with Gasteiger partial charge in [0.25, 0.3) is 5.89 Å². The Labute approximate surface area is 66.1 Å². The molecule has 1 rings (SSSR count). The molecule has 0 saturated carbocycles. The van der Waals surface area contributed by atoms with Gasteiger partial charge in [-0.15, -0.1) is 0 Å². The van der Waals surface area contributed by atoms with Crippen LogP contribution in [0.15, 0.2) is 10.6 Å². The number of hydrogen-bond acceptors (Lipinski definition) is 3. The number of rotatable bonds is 2. The smallest absolute Gasteiger partial charge is 0.253 e. The molecule has 0 N–H and O–H groups in total. The van der Waals surface area contributed by atoms with Gasteiger partial charge in [-0.05, 0) is 13.8 Å². The van der Waals surface area contributed by atoms with Gasteiger partial charge in [-0.2, -0.15) is 4.98 Å². The van der Waals surface area contributed by atoms with Crippen molar-refractivity contribution in [3.05, 3.63) is 17.8 Å². The Morgan fingerprint density at radius 3 is 2.82 bits per heavy atom. The van der Waals surface area contributed by atoms with E-state index in [1.807, 2.05) is 26.8 Å². The first kappa shape index (κ1) is 7.98. The van der Waals surface area contributed by atoms with Crippen LogP contribution in [0.2, 0.25) is 0 Å². The van der Waals surface area contributed by atoms with Crippen LogP contribution in [0.25, 0.3) is 5.57 Å². The lowest BCUT2D eigenvalue weighted by Gasteiger charge is -1.86. The van der Waals surface area contributed by atoms with Crippen molar-refractivity contribution in [3.63, 3.8) is 0 Å². The SMILES string of the molecule is C/C=C(\C)c1nc(CC)no1. The highest BCUT2D eigenvalue weighted by Crippen LogP contribution is 2.09. The van der Waals surface area contributed by atoms with Crippen LogP contribution in [0.3, 0.4) is 0 Å². The largest absolute Gasteiger partial charge is 0.334 e. The first-order chi connectivity index (χ1) is 5.27. The molecule has 0 aliphatic heterocycles. The van der Waals surface area contributed by atoms with Crippen molar-refractivity contribution in [3.8, 4) is 0 Å². The van der Waals surface area contributed by atoms with Crippen LogP contribution in [0.4, 0.5) is 0 Å². The lowest BCUT2D eigenvalue weighted by molar-refractivity contribution is 0.401. The van der Waals surface area contributed by atoms with Gasteiger partial charge in [-0.3, -0.25) is 0 Å². The van der Waals surface area contributed by atoms with E-state index in [0.717, 1.165) is 17.8 Å². The Morgan fingerprint density at radius 1 is 1.64 bits per heavy atom. The fourth-order valence-corrected chi connectivity index (χ4v) is 0.681. The molecule has 0 fully saturated rings. The van der Waals surface area contributed by atoms with Crippen molar-refractivity contribution in [2.45, 2.75) is 27.2 Å². The molecule has 0 radical (unpaired) electrons. The van der Waals surface area contributed by atoms with Gasteiger partial charge < -0.3 is 4.52 Å². The highest BCUT2D eigenvalue weighted by molar-refractivity contribution is 5.54. The third-order valence-corrected chi connectivity index (χ3v) is 1.55. The second-order valence-electron chi connectivity index (χ2n) is 2.34. The Bertz CT molecular complexity index is 263. The maximum Gasteiger partial charge on any atom is 0.253 e. The minimum atomic E-state index is 0.629. The number of hydrogen-bond donors (Lipinski definition) is 0. The van der Waals surface area contributed by atoms with Gasteiger partial charge in [0.1, 0.15) is 0 Å². The third kappa shape index (κ3) is 1.67. The van der Waals surface area contributed by atoms with Crippen LogP contribution in [0, 0.1) is 0 Å². The minimum absolute atomic E-state index is 0.629. The lowest BCUT2D eigenvalue weighted by Crippen LogP contribution is -1.82. The maximum absolute atomic E-state index is 4.98. The summed E-state index contributed by atoms with van der Waals surface area (Å²) in [7, 11) is 0. The van der Waals surface area contributed by atoms with E-state index in [1.54, 1.807) is 0 Å². The molecule has 0 atom stereocenters. The van der Waals surface area contributed by atoms with Crippen LogP contribution < -0.4 is 0 Å². The lowest BCUT2D eigenvalue weighted by atomic mass is 10.3. The van der Waals surface area contributed by atoms with Crippen molar-refractivity contribution >= 4 is 5.57 Å². The van der Waals surface area contributed by atoms with E-state index in [4.69, 9.17) is 4.52 Å².